The molecule has 0 bridgehead atoms. The summed E-state index contributed by atoms with van der Waals surface area (Å²) in [7, 11) is -1.83. The van der Waals surface area contributed by atoms with Crippen LogP contribution in [0.1, 0.15) is 90.2 Å². The van der Waals surface area contributed by atoms with Crippen LogP contribution in [0.25, 0.3) is 11.0 Å². The van der Waals surface area contributed by atoms with Crippen LogP contribution in [0.3, 0.4) is 0 Å². The Morgan fingerprint density at radius 1 is 1.00 bits per heavy atom. The molecule has 4 atom stereocenters. The average molecular weight is 519 g/mol. The van der Waals surface area contributed by atoms with Crippen molar-refractivity contribution >= 4 is 19.4 Å². The molecule has 0 saturated carbocycles. The van der Waals surface area contributed by atoms with E-state index in [1.807, 2.05) is 4.68 Å². The molecule has 2 unspecified atom stereocenters. The molecule has 9 nitrogen and oxygen atoms in total. The van der Waals surface area contributed by atoms with Gasteiger partial charge in [-0.25, -0.2) is 9.67 Å². The fourth-order valence-electron chi connectivity index (χ4n) is 4.87. The van der Waals surface area contributed by atoms with Gasteiger partial charge in [-0.2, -0.15) is 10.1 Å². The highest BCUT2D eigenvalue weighted by molar-refractivity contribution is 6.74. The average Bonchev–Trinajstić information content (AvgIpc) is 3.49. The Morgan fingerprint density at radius 3 is 2.47 bits per heavy atom. The minimum Gasteiger partial charge on any atom is -0.446 e. The van der Waals surface area contributed by atoms with Crippen LogP contribution in [-0.4, -0.2) is 60.3 Å². The van der Waals surface area contributed by atoms with E-state index in [2.05, 4.69) is 43.8 Å². The van der Waals surface area contributed by atoms with Crippen molar-refractivity contribution in [2.24, 2.45) is 0 Å². The first-order chi connectivity index (χ1) is 17.2. The van der Waals surface area contributed by atoms with Crippen LogP contribution in [0.2, 0.25) is 18.1 Å². The Morgan fingerprint density at radius 2 is 1.78 bits per heavy atom. The molecule has 36 heavy (non-hydrogen) atoms. The lowest BCUT2D eigenvalue weighted by molar-refractivity contribution is -0.107. The van der Waals surface area contributed by atoms with Crippen LogP contribution in [0.15, 0.2) is 6.33 Å². The molecule has 200 valence electrons. The lowest BCUT2D eigenvalue weighted by Gasteiger charge is -2.36. The monoisotopic (exact) mass is 518 g/mol. The molecule has 2 aromatic heterocycles. The van der Waals surface area contributed by atoms with Crippen molar-refractivity contribution in [2.45, 2.75) is 115 Å². The van der Waals surface area contributed by atoms with Gasteiger partial charge < -0.3 is 23.4 Å². The second-order valence-corrected chi connectivity index (χ2v) is 16.6. The second-order valence-electron chi connectivity index (χ2n) is 11.8. The van der Waals surface area contributed by atoms with Gasteiger partial charge in [-0.05, 0) is 63.1 Å². The normalized spacial score (nSPS) is 28.0. The van der Waals surface area contributed by atoms with Crippen molar-refractivity contribution in [3.63, 3.8) is 0 Å². The van der Waals surface area contributed by atoms with E-state index in [0.29, 0.717) is 19.1 Å². The Balaban J connectivity index is 1.40. The molecule has 0 spiro atoms. The minimum absolute atomic E-state index is 0.0588. The molecule has 5 rings (SSSR count). The fourth-order valence-corrected chi connectivity index (χ4v) is 5.91. The Kier molecular flexibility index (Phi) is 7.70. The quantitative estimate of drug-likeness (QED) is 0.433. The molecule has 2 aromatic rings. The summed E-state index contributed by atoms with van der Waals surface area (Å²) in [5.74, 6) is 0.510. The largest absolute Gasteiger partial charge is 0.446 e. The first kappa shape index (κ1) is 26.0. The maximum atomic E-state index is 6.51. The zero-order chi connectivity index (χ0) is 25.3. The van der Waals surface area contributed by atoms with Crippen LogP contribution < -0.4 is 4.74 Å². The third-order valence-electron chi connectivity index (χ3n) is 8.13. The highest BCUT2D eigenvalue weighted by atomic mass is 28.4. The van der Waals surface area contributed by atoms with Crippen molar-refractivity contribution in [3.8, 4) is 5.88 Å². The van der Waals surface area contributed by atoms with Gasteiger partial charge in [-0.1, -0.05) is 20.8 Å². The first-order valence-corrected chi connectivity index (χ1v) is 16.6. The van der Waals surface area contributed by atoms with Crippen molar-refractivity contribution in [1.29, 1.82) is 0 Å². The number of fused-ring (bicyclic) bond motifs is 1. The highest BCUT2D eigenvalue weighted by Gasteiger charge is 2.39. The van der Waals surface area contributed by atoms with E-state index < -0.39 is 8.32 Å². The summed E-state index contributed by atoms with van der Waals surface area (Å²) in [6, 6.07) is 0. The molecule has 0 aromatic carbocycles. The van der Waals surface area contributed by atoms with Gasteiger partial charge in [0.05, 0.1) is 19.3 Å². The topological polar surface area (TPSA) is 89.8 Å². The number of hydrogen-bond acceptors (Lipinski definition) is 8. The molecule has 0 amide bonds. The lowest BCUT2D eigenvalue weighted by atomic mass is 10.1. The molecular weight excluding hydrogens is 476 g/mol. The van der Waals surface area contributed by atoms with Crippen LogP contribution in [-0.2, 0) is 18.6 Å². The van der Waals surface area contributed by atoms with Gasteiger partial charge >= 0.3 is 0 Å². The summed E-state index contributed by atoms with van der Waals surface area (Å²) in [6.45, 7) is 13.4. The number of nitrogens with zero attached hydrogens (tertiary/aromatic N) is 4. The summed E-state index contributed by atoms with van der Waals surface area (Å²) in [6.07, 6.45) is 8.93. The van der Waals surface area contributed by atoms with Gasteiger partial charge in [-0.15, -0.1) is 0 Å². The third-order valence-corrected chi connectivity index (χ3v) is 12.6. The van der Waals surface area contributed by atoms with Gasteiger partial charge in [0.1, 0.15) is 23.6 Å². The third kappa shape index (κ3) is 5.48. The van der Waals surface area contributed by atoms with Gasteiger partial charge in [-0.3, -0.25) is 0 Å². The van der Waals surface area contributed by atoms with Gasteiger partial charge in [0, 0.05) is 13.0 Å². The number of hydrogen-bond donors (Lipinski definition) is 0. The zero-order valence-corrected chi connectivity index (χ0v) is 23.5. The van der Waals surface area contributed by atoms with E-state index in [4.69, 9.17) is 28.5 Å². The van der Waals surface area contributed by atoms with Gasteiger partial charge in [0.2, 0.25) is 12.2 Å². The predicted octanol–water partition coefficient (Wildman–Crippen LogP) is 5.67. The van der Waals surface area contributed by atoms with Crippen molar-refractivity contribution < 1.29 is 23.4 Å². The van der Waals surface area contributed by atoms with Crippen molar-refractivity contribution in [1.82, 2.24) is 19.7 Å². The van der Waals surface area contributed by atoms with Crippen LogP contribution in [0, 0.1) is 0 Å². The SMILES string of the molecule is CC(C)(C)[Si](C)(C)OC[C@@H]1CC[C@H](c2nn(C3CCCCO3)c3c(OC4CCCCO4)ncnc23)O1. The van der Waals surface area contributed by atoms with Crippen molar-refractivity contribution in [2.75, 3.05) is 19.8 Å². The second kappa shape index (κ2) is 10.6. The van der Waals surface area contributed by atoms with E-state index >= 15 is 0 Å². The van der Waals surface area contributed by atoms with E-state index in [1.54, 1.807) is 6.33 Å². The molecule has 10 heteroatoms. The predicted molar refractivity (Wildman–Crippen MR) is 138 cm³/mol. The lowest BCUT2D eigenvalue weighted by Crippen LogP contribution is -2.42. The molecular formula is C26H42N4O5Si. The molecule has 3 saturated heterocycles. The molecule has 5 heterocycles. The summed E-state index contributed by atoms with van der Waals surface area (Å²) < 4.78 is 33.1. The molecule has 3 aliphatic heterocycles. The Labute approximate surface area is 215 Å². The van der Waals surface area contributed by atoms with Crippen LogP contribution in [0.5, 0.6) is 5.88 Å². The first-order valence-electron chi connectivity index (χ1n) is 13.7. The summed E-state index contributed by atoms with van der Waals surface area (Å²) in [4.78, 5) is 9.17. The Bertz CT molecular complexity index is 1030. The summed E-state index contributed by atoms with van der Waals surface area (Å²) in [5, 5.41) is 5.22. The van der Waals surface area contributed by atoms with E-state index in [-0.39, 0.29) is 29.8 Å². The zero-order valence-electron chi connectivity index (χ0n) is 22.5. The summed E-state index contributed by atoms with van der Waals surface area (Å²) >= 11 is 0. The van der Waals surface area contributed by atoms with E-state index in [1.165, 1.54) is 0 Å². The van der Waals surface area contributed by atoms with Crippen LogP contribution in [0.4, 0.5) is 0 Å². The minimum atomic E-state index is -1.83. The maximum Gasteiger partial charge on any atom is 0.245 e. The maximum absolute atomic E-state index is 6.51. The fraction of sp³-hybridized carbons (Fsp3) is 0.808. The molecule has 0 N–H and O–H groups in total. The van der Waals surface area contributed by atoms with Crippen molar-refractivity contribution in [3.05, 3.63) is 12.0 Å². The number of ether oxygens (including phenoxy) is 4. The summed E-state index contributed by atoms with van der Waals surface area (Å²) in [5.41, 5.74) is 2.39. The van der Waals surface area contributed by atoms with Crippen LogP contribution >= 0.6 is 0 Å². The Hall–Kier alpha value is -1.59. The molecule has 0 aliphatic carbocycles. The molecule has 3 fully saturated rings. The molecule has 3 aliphatic rings. The van der Waals surface area contributed by atoms with Gasteiger partial charge in [0.25, 0.3) is 0 Å². The standard InChI is InChI=1S/C26H42N4O5Si/c1-26(2,3)36(4,5)33-16-18-12-13-19(34-18)22-23-24(30(29-22)20-10-6-8-14-31-20)25(28-17-27-23)35-21-11-7-9-15-32-21/h17-21H,6-16H2,1-5H3/t18-,19+,20?,21?/m0/s1. The molecule has 0 radical (unpaired) electrons. The highest BCUT2D eigenvalue weighted by Crippen LogP contribution is 2.41. The van der Waals surface area contributed by atoms with E-state index in [9.17, 15) is 0 Å². The number of aromatic nitrogens is 4. The smallest absolute Gasteiger partial charge is 0.245 e. The van der Waals surface area contributed by atoms with E-state index in [0.717, 1.165) is 74.7 Å². The number of rotatable bonds is 7. The van der Waals surface area contributed by atoms with Gasteiger partial charge in [0.15, 0.2) is 20.1 Å².